The van der Waals surface area contributed by atoms with Gasteiger partial charge in [0, 0.05) is 18.1 Å². The molecule has 0 saturated carbocycles. The van der Waals surface area contributed by atoms with Gasteiger partial charge < -0.3 is 10.0 Å². The summed E-state index contributed by atoms with van der Waals surface area (Å²) >= 11 is 5.91. The molecule has 1 aromatic heterocycles. The highest BCUT2D eigenvalue weighted by Crippen LogP contribution is 2.23. The molecule has 0 amide bonds. The smallest absolute Gasteiger partial charge is 0.261 e. The second kappa shape index (κ2) is 5.40. The number of fused-ring (bicyclic) bond motifs is 1. The standard InChI is InChI=1S/C15H18ClN3O2/c1-18-6-4-15(21,5-7-18)9-19-10-17-13-8-11(16)2-3-12(13)14(19)20/h2-3,8,10,21H,4-7,9H2,1H3. The van der Waals surface area contributed by atoms with E-state index in [4.69, 9.17) is 11.6 Å². The summed E-state index contributed by atoms with van der Waals surface area (Å²) in [6.45, 7) is 1.95. The third-order valence-corrected chi connectivity index (χ3v) is 4.40. The monoisotopic (exact) mass is 307 g/mol. The van der Waals surface area contributed by atoms with Crippen molar-refractivity contribution < 1.29 is 5.11 Å². The fourth-order valence-electron chi connectivity index (χ4n) is 2.75. The van der Waals surface area contributed by atoms with Crippen molar-refractivity contribution in [3.63, 3.8) is 0 Å². The van der Waals surface area contributed by atoms with Crippen LogP contribution in [0.25, 0.3) is 10.9 Å². The number of rotatable bonds is 2. The van der Waals surface area contributed by atoms with Crippen LogP contribution in [-0.4, -0.2) is 45.3 Å². The average molecular weight is 308 g/mol. The Labute approximate surface area is 127 Å². The van der Waals surface area contributed by atoms with Crippen LogP contribution in [0, 0.1) is 0 Å². The van der Waals surface area contributed by atoms with E-state index in [0.29, 0.717) is 28.8 Å². The molecule has 0 spiro atoms. The van der Waals surface area contributed by atoms with Gasteiger partial charge in [-0.1, -0.05) is 11.6 Å². The Balaban J connectivity index is 1.93. The Morgan fingerprint density at radius 3 is 2.81 bits per heavy atom. The van der Waals surface area contributed by atoms with Gasteiger partial charge >= 0.3 is 0 Å². The lowest BCUT2D eigenvalue weighted by molar-refractivity contribution is -0.0298. The van der Waals surface area contributed by atoms with E-state index < -0.39 is 5.60 Å². The van der Waals surface area contributed by atoms with Crippen LogP contribution in [0.3, 0.4) is 0 Å². The summed E-state index contributed by atoms with van der Waals surface area (Å²) in [5.41, 5.74) is -0.388. The fourth-order valence-corrected chi connectivity index (χ4v) is 2.92. The van der Waals surface area contributed by atoms with Crippen LogP contribution >= 0.6 is 11.6 Å². The van der Waals surface area contributed by atoms with Crippen LogP contribution in [0.1, 0.15) is 12.8 Å². The Hall–Kier alpha value is -1.43. The summed E-state index contributed by atoms with van der Waals surface area (Å²) < 4.78 is 1.50. The minimum Gasteiger partial charge on any atom is -0.388 e. The molecule has 112 valence electrons. The zero-order chi connectivity index (χ0) is 15.0. The molecule has 2 aromatic rings. The number of piperidine rings is 1. The first kappa shape index (κ1) is 14.5. The van der Waals surface area contributed by atoms with E-state index in [9.17, 15) is 9.90 Å². The molecular weight excluding hydrogens is 290 g/mol. The van der Waals surface area contributed by atoms with E-state index in [-0.39, 0.29) is 12.1 Å². The molecule has 1 aliphatic rings. The van der Waals surface area contributed by atoms with E-state index in [1.165, 1.54) is 10.9 Å². The predicted octanol–water partition coefficient (Wildman–Crippen LogP) is 1.51. The van der Waals surface area contributed by atoms with Crippen LogP contribution in [0.15, 0.2) is 29.3 Å². The molecular formula is C15H18ClN3O2. The third kappa shape index (κ3) is 2.95. The maximum Gasteiger partial charge on any atom is 0.261 e. The fraction of sp³-hybridized carbons (Fsp3) is 0.467. The molecule has 0 unspecified atom stereocenters. The summed E-state index contributed by atoms with van der Waals surface area (Å²) in [4.78, 5) is 18.9. The van der Waals surface area contributed by atoms with Gasteiger partial charge in [0.05, 0.1) is 29.4 Å². The highest BCUT2D eigenvalue weighted by atomic mass is 35.5. The lowest BCUT2D eigenvalue weighted by Crippen LogP contribution is -2.46. The number of benzene rings is 1. The van der Waals surface area contributed by atoms with Gasteiger partial charge in [-0.05, 0) is 38.1 Å². The first-order valence-corrected chi connectivity index (χ1v) is 7.40. The van der Waals surface area contributed by atoms with Crippen molar-refractivity contribution in [2.45, 2.75) is 25.0 Å². The van der Waals surface area contributed by atoms with E-state index in [0.717, 1.165) is 13.1 Å². The topological polar surface area (TPSA) is 58.4 Å². The van der Waals surface area contributed by atoms with Crippen molar-refractivity contribution in [3.8, 4) is 0 Å². The Bertz CT molecular complexity index is 720. The molecule has 21 heavy (non-hydrogen) atoms. The average Bonchev–Trinajstić information content (AvgIpc) is 2.46. The second-order valence-corrected chi connectivity index (χ2v) is 6.30. The number of likely N-dealkylation sites (tertiary alicyclic amines) is 1. The van der Waals surface area contributed by atoms with E-state index in [2.05, 4.69) is 9.88 Å². The molecule has 1 aliphatic heterocycles. The van der Waals surface area contributed by atoms with Gasteiger partial charge in [0.25, 0.3) is 5.56 Å². The lowest BCUT2D eigenvalue weighted by Gasteiger charge is -2.36. The van der Waals surface area contributed by atoms with Crippen molar-refractivity contribution in [2.24, 2.45) is 0 Å². The summed E-state index contributed by atoms with van der Waals surface area (Å²) in [6.07, 6.45) is 2.82. The molecule has 1 aromatic carbocycles. The molecule has 6 heteroatoms. The van der Waals surface area contributed by atoms with Crippen molar-refractivity contribution in [3.05, 3.63) is 39.9 Å². The maximum atomic E-state index is 12.5. The first-order valence-electron chi connectivity index (χ1n) is 7.02. The molecule has 1 N–H and O–H groups in total. The van der Waals surface area contributed by atoms with Gasteiger partial charge in [-0.3, -0.25) is 9.36 Å². The number of halogens is 1. The van der Waals surface area contributed by atoms with Crippen LogP contribution in [0.4, 0.5) is 0 Å². The minimum absolute atomic E-state index is 0.135. The number of nitrogens with zero attached hydrogens (tertiary/aromatic N) is 3. The molecule has 1 saturated heterocycles. The van der Waals surface area contributed by atoms with Crippen molar-refractivity contribution in [1.29, 1.82) is 0 Å². The molecule has 0 atom stereocenters. The van der Waals surface area contributed by atoms with Gasteiger partial charge in [0.15, 0.2) is 0 Å². The zero-order valence-electron chi connectivity index (χ0n) is 11.9. The Morgan fingerprint density at radius 1 is 1.38 bits per heavy atom. The van der Waals surface area contributed by atoms with Gasteiger partial charge in [-0.15, -0.1) is 0 Å². The molecule has 0 bridgehead atoms. The van der Waals surface area contributed by atoms with E-state index in [1.807, 2.05) is 7.05 Å². The van der Waals surface area contributed by atoms with Crippen molar-refractivity contribution in [1.82, 2.24) is 14.5 Å². The summed E-state index contributed by atoms with van der Waals surface area (Å²) in [6, 6.07) is 5.04. The minimum atomic E-state index is -0.835. The largest absolute Gasteiger partial charge is 0.388 e. The molecule has 0 aliphatic carbocycles. The van der Waals surface area contributed by atoms with E-state index >= 15 is 0 Å². The number of aliphatic hydroxyl groups is 1. The van der Waals surface area contributed by atoms with Gasteiger partial charge in [-0.25, -0.2) is 4.98 Å². The Morgan fingerprint density at radius 2 is 2.10 bits per heavy atom. The predicted molar refractivity (Wildman–Crippen MR) is 82.7 cm³/mol. The first-order chi connectivity index (χ1) is 9.97. The van der Waals surface area contributed by atoms with Gasteiger partial charge in [0.2, 0.25) is 0 Å². The number of hydrogen-bond acceptors (Lipinski definition) is 4. The van der Waals surface area contributed by atoms with Gasteiger partial charge in [0.1, 0.15) is 0 Å². The number of aromatic nitrogens is 2. The molecule has 0 radical (unpaired) electrons. The van der Waals surface area contributed by atoms with Gasteiger partial charge in [-0.2, -0.15) is 0 Å². The highest BCUT2D eigenvalue weighted by molar-refractivity contribution is 6.31. The Kier molecular flexibility index (Phi) is 3.73. The second-order valence-electron chi connectivity index (χ2n) is 5.87. The summed E-state index contributed by atoms with van der Waals surface area (Å²) in [7, 11) is 2.03. The SMILES string of the molecule is CN1CCC(O)(Cn2cnc3cc(Cl)ccc3c2=O)CC1. The summed E-state index contributed by atoms with van der Waals surface area (Å²) in [5.74, 6) is 0. The highest BCUT2D eigenvalue weighted by Gasteiger charge is 2.31. The van der Waals surface area contributed by atoms with Crippen LogP contribution in [-0.2, 0) is 6.54 Å². The quantitative estimate of drug-likeness (QED) is 0.913. The zero-order valence-corrected chi connectivity index (χ0v) is 12.7. The molecule has 3 rings (SSSR count). The lowest BCUT2D eigenvalue weighted by atomic mass is 9.91. The molecule has 1 fully saturated rings. The normalized spacial score (nSPS) is 19.0. The van der Waals surface area contributed by atoms with Crippen molar-refractivity contribution >= 4 is 22.5 Å². The summed E-state index contributed by atoms with van der Waals surface area (Å²) in [5, 5.41) is 11.7. The van der Waals surface area contributed by atoms with Crippen LogP contribution in [0.2, 0.25) is 5.02 Å². The molecule has 2 heterocycles. The van der Waals surface area contributed by atoms with Crippen molar-refractivity contribution in [2.75, 3.05) is 20.1 Å². The maximum absolute atomic E-state index is 12.5. The van der Waals surface area contributed by atoms with E-state index in [1.54, 1.807) is 18.2 Å². The number of hydrogen-bond donors (Lipinski definition) is 1. The van der Waals surface area contributed by atoms with Crippen LogP contribution in [0.5, 0.6) is 0 Å². The third-order valence-electron chi connectivity index (χ3n) is 4.17. The molecule has 5 nitrogen and oxygen atoms in total. The van der Waals surface area contributed by atoms with Crippen LogP contribution < -0.4 is 5.56 Å².